The summed E-state index contributed by atoms with van der Waals surface area (Å²) < 4.78 is 5.00. The highest BCUT2D eigenvalue weighted by Crippen LogP contribution is 2.26. The summed E-state index contributed by atoms with van der Waals surface area (Å²) >= 11 is 0. The van der Waals surface area contributed by atoms with E-state index in [9.17, 15) is 5.11 Å². The largest absolute Gasteiger partial charge is 0.389 e. The Morgan fingerprint density at radius 3 is 2.65 bits per heavy atom. The van der Waals surface area contributed by atoms with E-state index in [4.69, 9.17) is 4.52 Å². The average molecular weight is 238 g/mol. The lowest BCUT2D eigenvalue weighted by Crippen LogP contribution is -2.39. The molecule has 0 radical (unpaired) electrons. The first-order valence-electron chi connectivity index (χ1n) is 6.53. The minimum atomic E-state index is -0.519. The summed E-state index contributed by atoms with van der Waals surface area (Å²) in [6.07, 6.45) is 6.62. The van der Waals surface area contributed by atoms with Gasteiger partial charge in [0.2, 0.25) is 0 Å². The molecule has 2 N–H and O–H groups in total. The standard InChI is InChI=1S/C13H22N2O2/c1-11-8-12(15-17-11)9-14-10-13(16)6-4-2-3-5-7-13/h8,14,16H,2-7,9-10H2,1H3. The molecule has 17 heavy (non-hydrogen) atoms. The number of aromatic nitrogens is 1. The van der Waals surface area contributed by atoms with Crippen LogP contribution in [-0.4, -0.2) is 22.4 Å². The molecule has 0 amide bonds. The molecule has 4 nitrogen and oxygen atoms in total. The predicted octanol–water partition coefficient (Wildman–Crippen LogP) is 2.16. The van der Waals surface area contributed by atoms with E-state index in [-0.39, 0.29) is 0 Å². The summed E-state index contributed by atoms with van der Waals surface area (Å²) in [6.45, 7) is 3.20. The lowest BCUT2D eigenvalue weighted by Gasteiger charge is -2.26. The van der Waals surface area contributed by atoms with E-state index in [0.717, 1.165) is 37.1 Å². The van der Waals surface area contributed by atoms with Crippen LogP contribution in [0.5, 0.6) is 0 Å². The minimum absolute atomic E-state index is 0.519. The second-order valence-corrected chi connectivity index (χ2v) is 5.17. The molecule has 1 aromatic rings. The van der Waals surface area contributed by atoms with Crippen molar-refractivity contribution in [1.29, 1.82) is 0 Å². The first kappa shape index (κ1) is 12.6. The topological polar surface area (TPSA) is 58.3 Å². The fourth-order valence-electron chi connectivity index (χ4n) is 2.49. The van der Waals surface area contributed by atoms with Gasteiger partial charge in [0.1, 0.15) is 5.76 Å². The summed E-state index contributed by atoms with van der Waals surface area (Å²) in [6, 6.07) is 1.92. The monoisotopic (exact) mass is 238 g/mol. The van der Waals surface area contributed by atoms with E-state index in [1.54, 1.807) is 0 Å². The maximum atomic E-state index is 10.4. The molecule has 0 aliphatic heterocycles. The van der Waals surface area contributed by atoms with Crippen LogP contribution in [0.15, 0.2) is 10.6 Å². The SMILES string of the molecule is Cc1cc(CNCC2(O)CCCCCC2)no1. The van der Waals surface area contributed by atoms with Crippen LogP contribution in [0.25, 0.3) is 0 Å². The second kappa shape index (κ2) is 5.65. The van der Waals surface area contributed by atoms with Crippen LogP contribution in [0.2, 0.25) is 0 Å². The van der Waals surface area contributed by atoms with Crippen LogP contribution in [-0.2, 0) is 6.54 Å². The number of aliphatic hydroxyl groups is 1. The summed E-state index contributed by atoms with van der Waals surface area (Å²) in [5.74, 6) is 0.829. The Kier molecular flexibility index (Phi) is 4.18. The van der Waals surface area contributed by atoms with Crippen LogP contribution in [0, 0.1) is 6.92 Å². The summed E-state index contributed by atoms with van der Waals surface area (Å²) in [5.41, 5.74) is 0.384. The molecule has 96 valence electrons. The number of hydrogen-bond acceptors (Lipinski definition) is 4. The fraction of sp³-hybridized carbons (Fsp3) is 0.769. The molecule has 0 bridgehead atoms. The van der Waals surface area contributed by atoms with Crippen LogP contribution in [0.1, 0.15) is 50.0 Å². The lowest BCUT2D eigenvalue weighted by molar-refractivity contribution is 0.0249. The zero-order valence-corrected chi connectivity index (χ0v) is 10.5. The normalized spacial score (nSPS) is 20.1. The zero-order valence-electron chi connectivity index (χ0n) is 10.5. The van der Waals surface area contributed by atoms with E-state index in [1.165, 1.54) is 12.8 Å². The van der Waals surface area contributed by atoms with Crippen LogP contribution >= 0.6 is 0 Å². The molecule has 1 aliphatic rings. The van der Waals surface area contributed by atoms with Gasteiger partial charge in [-0.05, 0) is 19.8 Å². The Labute approximate surface area is 102 Å². The van der Waals surface area contributed by atoms with Gasteiger partial charge in [0.25, 0.3) is 0 Å². The molecule has 0 atom stereocenters. The molecule has 1 heterocycles. The first-order valence-corrected chi connectivity index (χ1v) is 6.53. The summed E-state index contributed by atoms with van der Waals surface area (Å²) in [4.78, 5) is 0. The lowest BCUT2D eigenvalue weighted by atomic mass is 9.94. The van der Waals surface area contributed by atoms with Crippen molar-refractivity contribution >= 4 is 0 Å². The molecular formula is C13H22N2O2. The molecule has 1 aliphatic carbocycles. The van der Waals surface area contributed by atoms with Gasteiger partial charge in [-0.3, -0.25) is 0 Å². The Balaban J connectivity index is 1.76. The molecule has 0 aromatic carbocycles. The van der Waals surface area contributed by atoms with Crippen molar-refractivity contribution in [2.24, 2.45) is 0 Å². The third kappa shape index (κ3) is 3.82. The van der Waals surface area contributed by atoms with Crippen molar-refractivity contribution in [2.45, 2.75) is 57.6 Å². The van der Waals surface area contributed by atoms with Gasteiger partial charge in [-0.25, -0.2) is 0 Å². The predicted molar refractivity (Wildman–Crippen MR) is 65.6 cm³/mol. The summed E-state index contributed by atoms with van der Waals surface area (Å²) in [5, 5.41) is 17.6. The maximum Gasteiger partial charge on any atom is 0.133 e. The number of nitrogens with one attached hydrogen (secondary N) is 1. The first-order chi connectivity index (χ1) is 8.18. The van der Waals surface area contributed by atoms with Crippen molar-refractivity contribution in [2.75, 3.05) is 6.54 Å². The van der Waals surface area contributed by atoms with Crippen molar-refractivity contribution in [3.8, 4) is 0 Å². The van der Waals surface area contributed by atoms with Gasteiger partial charge in [0.15, 0.2) is 0 Å². The third-order valence-electron chi connectivity index (χ3n) is 3.47. The van der Waals surface area contributed by atoms with Crippen molar-refractivity contribution in [3.63, 3.8) is 0 Å². The van der Waals surface area contributed by atoms with Crippen LogP contribution in [0.3, 0.4) is 0 Å². The van der Waals surface area contributed by atoms with Gasteiger partial charge in [0.05, 0.1) is 11.3 Å². The molecular weight excluding hydrogens is 216 g/mol. The van der Waals surface area contributed by atoms with Crippen LogP contribution in [0.4, 0.5) is 0 Å². The average Bonchev–Trinajstić information content (AvgIpc) is 2.58. The zero-order chi connectivity index (χ0) is 12.1. The van der Waals surface area contributed by atoms with Crippen molar-refractivity contribution < 1.29 is 9.63 Å². The Bertz CT molecular complexity index is 341. The molecule has 1 saturated carbocycles. The van der Waals surface area contributed by atoms with Gasteiger partial charge >= 0.3 is 0 Å². The quantitative estimate of drug-likeness (QED) is 0.789. The maximum absolute atomic E-state index is 10.4. The molecule has 1 fully saturated rings. The molecule has 4 heteroatoms. The van der Waals surface area contributed by atoms with Crippen molar-refractivity contribution in [3.05, 3.63) is 17.5 Å². The number of hydrogen-bond donors (Lipinski definition) is 2. The number of rotatable bonds is 4. The second-order valence-electron chi connectivity index (χ2n) is 5.17. The smallest absolute Gasteiger partial charge is 0.133 e. The van der Waals surface area contributed by atoms with Gasteiger partial charge in [-0.1, -0.05) is 30.8 Å². The molecule has 0 saturated heterocycles. The molecule has 0 spiro atoms. The molecule has 0 unspecified atom stereocenters. The Morgan fingerprint density at radius 1 is 1.35 bits per heavy atom. The van der Waals surface area contributed by atoms with E-state index >= 15 is 0 Å². The Hall–Kier alpha value is -0.870. The summed E-state index contributed by atoms with van der Waals surface area (Å²) in [7, 11) is 0. The third-order valence-corrected chi connectivity index (χ3v) is 3.47. The number of nitrogens with zero attached hydrogens (tertiary/aromatic N) is 1. The highest BCUT2D eigenvalue weighted by molar-refractivity contribution is 5.03. The van der Waals surface area contributed by atoms with Gasteiger partial charge in [-0.15, -0.1) is 0 Å². The van der Waals surface area contributed by atoms with Crippen molar-refractivity contribution in [1.82, 2.24) is 10.5 Å². The molecule has 1 aromatic heterocycles. The van der Waals surface area contributed by atoms with Gasteiger partial charge < -0.3 is 14.9 Å². The van der Waals surface area contributed by atoms with E-state index in [1.807, 2.05) is 13.0 Å². The molecule has 2 rings (SSSR count). The van der Waals surface area contributed by atoms with Gasteiger partial charge in [0, 0.05) is 19.2 Å². The van der Waals surface area contributed by atoms with E-state index < -0.39 is 5.60 Å². The van der Waals surface area contributed by atoms with Gasteiger partial charge in [-0.2, -0.15) is 0 Å². The fourth-order valence-corrected chi connectivity index (χ4v) is 2.49. The van der Waals surface area contributed by atoms with E-state index in [0.29, 0.717) is 13.1 Å². The van der Waals surface area contributed by atoms with Crippen LogP contribution < -0.4 is 5.32 Å². The highest BCUT2D eigenvalue weighted by atomic mass is 16.5. The van der Waals surface area contributed by atoms with E-state index in [2.05, 4.69) is 10.5 Å². The number of aryl methyl sites for hydroxylation is 1. The highest BCUT2D eigenvalue weighted by Gasteiger charge is 2.27. The minimum Gasteiger partial charge on any atom is -0.389 e. The Morgan fingerprint density at radius 2 is 2.06 bits per heavy atom.